The van der Waals surface area contributed by atoms with Gasteiger partial charge in [0, 0.05) is 13.1 Å². The van der Waals surface area contributed by atoms with E-state index in [1.807, 2.05) is 30.3 Å². The van der Waals surface area contributed by atoms with Gasteiger partial charge in [0.05, 0.1) is 18.4 Å². The van der Waals surface area contributed by atoms with Crippen molar-refractivity contribution < 1.29 is 4.74 Å². The van der Waals surface area contributed by atoms with Crippen molar-refractivity contribution >= 4 is 5.95 Å². The summed E-state index contributed by atoms with van der Waals surface area (Å²) in [4.78, 5) is 2.23. The van der Waals surface area contributed by atoms with Crippen LogP contribution in [-0.2, 0) is 11.2 Å². The zero-order valence-electron chi connectivity index (χ0n) is 14.7. The molecule has 6 heteroatoms. The molecule has 3 aromatic rings. The van der Waals surface area contributed by atoms with Gasteiger partial charge in [0.15, 0.2) is 0 Å². The molecule has 0 amide bonds. The van der Waals surface area contributed by atoms with Gasteiger partial charge >= 0.3 is 0 Å². The first-order chi connectivity index (χ1) is 12.9. The number of nitrogens with zero attached hydrogens (tertiary/aromatic N) is 5. The molecule has 6 nitrogen and oxygen atoms in total. The van der Waals surface area contributed by atoms with Gasteiger partial charge < -0.3 is 9.64 Å². The Labute approximate surface area is 153 Å². The van der Waals surface area contributed by atoms with E-state index in [0.717, 1.165) is 44.0 Å². The molecule has 0 bridgehead atoms. The minimum atomic E-state index is 0.216. The maximum absolute atomic E-state index is 5.97. The van der Waals surface area contributed by atoms with Gasteiger partial charge in [-0.05, 0) is 47.4 Å². The molecule has 0 radical (unpaired) electrons. The number of hydrogen-bond acceptors (Lipinski definition) is 5. The Morgan fingerprint density at radius 3 is 2.58 bits per heavy atom. The maximum atomic E-state index is 5.97. The van der Waals surface area contributed by atoms with E-state index in [2.05, 4.69) is 50.8 Å². The van der Waals surface area contributed by atoms with Crippen molar-refractivity contribution in [1.82, 2.24) is 20.2 Å². The predicted molar refractivity (Wildman–Crippen MR) is 100 cm³/mol. The second-order valence-corrected chi connectivity index (χ2v) is 6.54. The quantitative estimate of drug-likeness (QED) is 0.685. The predicted octanol–water partition coefficient (Wildman–Crippen LogP) is 2.89. The number of morpholine rings is 1. The monoisotopic (exact) mass is 349 g/mol. The highest BCUT2D eigenvalue weighted by molar-refractivity contribution is 5.40. The van der Waals surface area contributed by atoms with E-state index in [1.165, 1.54) is 5.56 Å². The fourth-order valence-electron chi connectivity index (χ4n) is 3.37. The lowest BCUT2D eigenvalue weighted by atomic mass is 10.1. The number of ether oxygens (including phenoxy) is 1. The third kappa shape index (κ3) is 3.91. The van der Waals surface area contributed by atoms with Gasteiger partial charge in [0.25, 0.3) is 5.95 Å². The lowest BCUT2D eigenvalue weighted by Gasteiger charge is -2.33. The Bertz CT molecular complexity index is 805. The minimum Gasteiger partial charge on any atom is -0.375 e. The summed E-state index contributed by atoms with van der Waals surface area (Å²) in [6.45, 7) is 2.34. The summed E-state index contributed by atoms with van der Waals surface area (Å²) < 4.78 is 7.77. The second-order valence-electron chi connectivity index (χ2n) is 6.54. The number of hydrogen-bond donors (Lipinski definition) is 0. The Kier molecular flexibility index (Phi) is 5.21. The minimum absolute atomic E-state index is 0.216. The SMILES string of the molecule is c1ccc(CCC[C@@H]2CN(c3nnnn3-c3ccccc3)CCO2)cc1. The van der Waals surface area contributed by atoms with E-state index in [4.69, 9.17) is 4.74 Å². The third-order valence-electron chi connectivity index (χ3n) is 4.71. The summed E-state index contributed by atoms with van der Waals surface area (Å²) in [5.41, 5.74) is 2.35. The molecule has 0 aliphatic carbocycles. The molecule has 2 heterocycles. The highest BCUT2D eigenvalue weighted by Crippen LogP contribution is 2.20. The summed E-state index contributed by atoms with van der Waals surface area (Å²) in [6.07, 6.45) is 3.46. The van der Waals surface area contributed by atoms with Gasteiger partial charge in [-0.25, -0.2) is 0 Å². The molecule has 2 aromatic carbocycles. The van der Waals surface area contributed by atoms with E-state index in [1.54, 1.807) is 4.68 Å². The van der Waals surface area contributed by atoms with Crippen LogP contribution in [0.2, 0.25) is 0 Å². The van der Waals surface area contributed by atoms with E-state index in [0.29, 0.717) is 6.61 Å². The van der Waals surface area contributed by atoms with Gasteiger partial charge in [-0.15, -0.1) is 0 Å². The molecular weight excluding hydrogens is 326 g/mol. The Morgan fingerprint density at radius 1 is 1.00 bits per heavy atom. The Balaban J connectivity index is 1.38. The van der Waals surface area contributed by atoms with E-state index in [-0.39, 0.29) is 6.10 Å². The average Bonchev–Trinajstić information content (AvgIpc) is 3.20. The molecule has 1 aliphatic heterocycles. The molecule has 1 atom stereocenters. The molecule has 26 heavy (non-hydrogen) atoms. The molecule has 0 saturated carbocycles. The number of tetrazole rings is 1. The summed E-state index contributed by atoms with van der Waals surface area (Å²) in [6, 6.07) is 20.6. The van der Waals surface area contributed by atoms with Crippen LogP contribution in [0, 0.1) is 0 Å². The number of benzene rings is 2. The van der Waals surface area contributed by atoms with Crippen LogP contribution in [0.4, 0.5) is 5.95 Å². The first kappa shape index (κ1) is 16.7. The first-order valence-corrected chi connectivity index (χ1v) is 9.14. The number of para-hydroxylation sites is 1. The van der Waals surface area contributed by atoms with Crippen molar-refractivity contribution in [3.63, 3.8) is 0 Å². The van der Waals surface area contributed by atoms with Crippen LogP contribution in [0.25, 0.3) is 5.69 Å². The summed E-state index contributed by atoms with van der Waals surface area (Å²) in [5.74, 6) is 0.785. The van der Waals surface area contributed by atoms with Crippen molar-refractivity contribution in [1.29, 1.82) is 0 Å². The van der Waals surface area contributed by atoms with Crippen LogP contribution >= 0.6 is 0 Å². The number of anilines is 1. The Hall–Kier alpha value is -2.73. The average molecular weight is 349 g/mol. The number of rotatable bonds is 6. The maximum Gasteiger partial charge on any atom is 0.250 e. The summed E-state index contributed by atoms with van der Waals surface area (Å²) >= 11 is 0. The lowest BCUT2D eigenvalue weighted by Crippen LogP contribution is -2.43. The second kappa shape index (κ2) is 8.10. The highest BCUT2D eigenvalue weighted by atomic mass is 16.5. The molecular formula is C20H23N5O. The molecule has 134 valence electrons. The van der Waals surface area contributed by atoms with E-state index >= 15 is 0 Å². The van der Waals surface area contributed by atoms with Gasteiger partial charge in [-0.1, -0.05) is 53.6 Å². The molecule has 0 N–H and O–H groups in total. The van der Waals surface area contributed by atoms with Crippen molar-refractivity contribution in [2.24, 2.45) is 0 Å². The largest absolute Gasteiger partial charge is 0.375 e. The third-order valence-corrected chi connectivity index (χ3v) is 4.71. The fourth-order valence-corrected chi connectivity index (χ4v) is 3.37. The normalized spacial score (nSPS) is 17.4. The molecule has 1 aliphatic rings. The number of aromatic nitrogens is 4. The van der Waals surface area contributed by atoms with E-state index in [9.17, 15) is 0 Å². The fraction of sp³-hybridized carbons (Fsp3) is 0.350. The van der Waals surface area contributed by atoms with Crippen molar-refractivity contribution in [3.05, 3.63) is 66.2 Å². The van der Waals surface area contributed by atoms with Gasteiger partial charge in [-0.3, -0.25) is 0 Å². The van der Waals surface area contributed by atoms with Crippen LogP contribution in [0.5, 0.6) is 0 Å². The summed E-state index contributed by atoms with van der Waals surface area (Å²) in [7, 11) is 0. The standard InChI is InChI=1S/C20H23N5O/c1-3-8-17(9-4-1)10-7-13-19-16-24(14-15-26-19)20-21-22-23-25(20)18-11-5-2-6-12-18/h1-6,8-9,11-12,19H,7,10,13-16H2/t19-/m1/s1. The smallest absolute Gasteiger partial charge is 0.250 e. The molecule has 4 rings (SSSR count). The first-order valence-electron chi connectivity index (χ1n) is 9.14. The van der Waals surface area contributed by atoms with Crippen molar-refractivity contribution in [3.8, 4) is 5.69 Å². The molecule has 1 saturated heterocycles. The zero-order valence-corrected chi connectivity index (χ0v) is 14.7. The van der Waals surface area contributed by atoms with Crippen LogP contribution in [-0.4, -0.2) is 46.0 Å². The molecule has 0 unspecified atom stereocenters. The van der Waals surface area contributed by atoms with Crippen LogP contribution in [0.15, 0.2) is 60.7 Å². The number of aryl methyl sites for hydroxylation is 1. The molecule has 1 fully saturated rings. The zero-order chi connectivity index (χ0) is 17.6. The molecule has 1 aromatic heterocycles. The van der Waals surface area contributed by atoms with Crippen LogP contribution < -0.4 is 4.90 Å². The topological polar surface area (TPSA) is 56.1 Å². The van der Waals surface area contributed by atoms with Crippen LogP contribution in [0.1, 0.15) is 18.4 Å². The van der Waals surface area contributed by atoms with Gasteiger partial charge in [0.1, 0.15) is 0 Å². The van der Waals surface area contributed by atoms with Gasteiger partial charge in [0.2, 0.25) is 0 Å². The summed E-state index contributed by atoms with van der Waals surface area (Å²) in [5, 5.41) is 12.3. The van der Waals surface area contributed by atoms with Crippen molar-refractivity contribution in [2.75, 3.05) is 24.6 Å². The Morgan fingerprint density at radius 2 is 1.77 bits per heavy atom. The van der Waals surface area contributed by atoms with Crippen LogP contribution in [0.3, 0.4) is 0 Å². The highest BCUT2D eigenvalue weighted by Gasteiger charge is 2.24. The lowest BCUT2D eigenvalue weighted by molar-refractivity contribution is 0.0334. The van der Waals surface area contributed by atoms with Gasteiger partial charge in [-0.2, -0.15) is 4.68 Å². The van der Waals surface area contributed by atoms with Crippen molar-refractivity contribution in [2.45, 2.75) is 25.4 Å². The van der Waals surface area contributed by atoms with E-state index < -0.39 is 0 Å². The molecule has 0 spiro atoms.